The number of alkyl halides is 4. The van der Waals surface area contributed by atoms with Crippen molar-refractivity contribution in [2.45, 2.75) is 60.0 Å². The van der Waals surface area contributed by atoms with E-state index < -0.39 is 8.67 Å². The number of hydrogen-bond donors (Lipinski definition) is 0. The van der Waals surface area contributed by atoms with Crippen LogP contribution >= 0.6 is 46.4 Å². The molecule has 0 aromatic rings. The van der Waals surface area contributed by atoms with Crippen molar-refractivity contribution < 1.29 is 0 Å². The highest BCUT2D eigenvalue weighted by Crippen LogP contribution is 2.45. The highest BCUT2D eigenvalue weighted by Gasteiger charge is 2.47. The molecule has 0 aliphatic rings. The average molecular weight is 330 g/mol. The van der Waals surface area contributed by atoms with Gasteiger partial charge in [0.05, 0.1) is 6.07 Å². The molecule has 0 heterocycles. The quantitative estimate of drug-likeness (QED) is 0.414. The molecule has 102 valence electrons. The summed E-state index contributed by atoms with van der Waals surface area (Å²) in [6.07, 6.45) is 6.89. The van der Waals surface area contributed by atoms with Gasteiger partial charge in [0.1, 0.15) is 6.07 Å². The molecule has 0 aromatic carbocycles. The Morgan fingerprint density at radius 3 is 1.78 bits per heavy atom. The Bertz CT molecular complexity index is 315. The van der Waals surface area contributed by atoms with Gasteiger partial charge in [0.2, 0.25) is 4.33 Å². The number of nitriles is 2. The molecule has 0 aliphatic heterocycles. The highest BCUT2D eigenvalue weighted by atomic mass is 35.5. The molecule has 0 fully saturated rings. The molecule has 0 unspecified atom stereocenters. The largest absolute Gasteiger partial charge is 0.235 e. The van der Waals surface area contributed by atoms with E-state index in [1.54, 1.807) is 6.07 Å². The molecule has 0 spiro atoms. The molecule has 0 N–H and O–H groups in total. The van der Waals surface area contributed by atoms with Crippen LogP contribution in [0.1, 0.15) is 51.4 Å². The fourth-order valence-electron chi connectivity index (χ4n) is 1.50. The molecular weight excluding hydrogens is 314 g/mol. The summed E-state index contributed by atoms with van der Waals surface area (Å²) in [5.74, 6) is 0. The third-order valence-electron chi connectivity index (χ3n) is 2.63. The van der Waals surface area contributed by atoms with Gasteiger partial charge in [0.15, 0.2) is 4.33 Å². The zero-order valence-electron chi connectivity index (χ0n) is 10.1. The molecule has 0 amide bonds. The van der Waals surface area contributed by atoms with Gasteiger partial charge in [-0.15, -0.1) is 0 Å². The molecule has 0 radical (unpaired) electrons. The van der Waals surface area contributed by atoms with Crippen LogP contribution in [0.4, 0.5) is 0 Å². The molecule has 2 nitrogen and oxygen atoms in total. The van der Waals surface area contributed by atoms with E-state index in [4.69, 9.17) is 56.9 Å². The molecule has 0 bridgehead atoms. The van der Waals surface area contributed by atoms with Crippen molar-refractivity contribution in [1.29, 1.82) is 10.5 Å². The maximum Gasteiger partial charge on any atom is 0.235 e. The molecule has 18 heavy (non-hydrogen) atoms. The summed E-state index contributed by atoms with van der Waals surface area (Å²) in [7, 11) is 0. The van der Waals surface area contributed by atoms with Crippen molar-refractivity contribution in [3.05, 3.63) is 0 Å². The Balaban J connectivity index is 3.67. The number of unbranched alkanes of at least 4 members (excludes halogenated alkanes) is 6. The van der Waals surface area contributed by atoms with Gasteiger partial charge in [-0.25, -0.2) is 0 Å². The van der Waals surface area contributed by atoms with Crippen LogP contribution in [0.2, 0.25) is 0 Å². The molecule has 0 atom stereocenters. The van der Waals surface area contributed by atoms with Gasteiger partial charge < -0.3 is 0 Å². The van der Waals surface area contributed by atoms with Crippen molar-refractivity contribution in [2.24, 2.45) is 0 Å². The van der Waals surface area contributed by atoms with Crippen LogP contribution in [0.15, 0.2) is 0 Å². The van der Waals surface area contributed by atoms with Crippen LogP contribution < -0.4 is 0 Å². The minimum absolute atomic E-state index is 0.384. The number of nitrogens with zero attached hydrogens (tertiary/aromatic N) is 2. The SMILES string of the molecule is N#CCCCCCCCCC(Cl)(Cl)C(Cl)(Cl)C#N. The van der Waals surface area contributed by atoms with Gasteiger partial charge in [-0.1, -0.05) is 78.5 Å². The zero-order chi connectivity index (χ0) is 14.1. The second kappa shape index (κ2) is 9.11. The first kappa shape index (κ1) is 18.1. The fraction of sp³-hybridized carbons (Fsp3) is 0.833. The van der Waals surface area contributed by atoms with Gasteiger partial charge in [-0.05, 0) is 12.8 Å². The molecule has 0 saturated carbocycles. The van der Waals surface area contributed by atoms with Crippen LogP contribution in [0.25, 0.3) is 0 Å². The predicted molar refractivity (Wildman–Crippen MR) is 77.0 cm³/mol. The lowest BCUT2D eigenvalue weighted by Gasteiger charge is -2.26. The van der Waals surface area contributed by atoms with Crippen molar-refractivity contribution in [1.82, 2.24) is 0 Å². The monoisotopic (exact) mass is 328 g/mol. The summed E-state index contributed by atoms with van der Waals surface area (Å²) in [4.78, 5) is 0. The summed E-state index contributed by atoms with van der Waals surface area (Å²) in [6.45, 7) is 0. The summed E-state index contributed by atoms with van der Waals surface area (Å²) >= 11 is 23.3. The average Bonchev–Trinajstić information content (AvgIpc) is 2.32. The van der Waals surface area contributed by atoms with Crippen molar-refractivity contribution in [3.8, 4) is 12.1 Å². The lowest BCUT2D eigenvalue weighted by molar-refractivity contribution is 0.555. The Hall–Kier alpha value is 0.140. The van der Waals surface area contributed by atoms with Crippen LogP contribution in [0, 0.1) is 22.7 Å². The lowest BCUT2D eigenvalue weighted by Crippen LogP contribution is -2.34. The van der Waals surface area contributed by atoms with Crippen LogP contribution in [0.3, 0.4) is 0 Å². The van der Waals surface area contributed by atoms with Crippen LogP contribution in [-0.2, 0) is 0 Å². The van der Waals surface area contributed by atoms with E-state index in [2.05, 4.69) is 6.07 Å². The van der Waals surface area contributed by atoms with Crippen LogP contribution in [-0.4, -0.2) is 8.67 Å². The Labute approximate surface area is 129 Å². The maximum atomic E-state index is 8.74. The van der Waals surface area contributed by atoms with Gasteiger partial charge in [0.25, 0.3) is 0 Å². The standard InChI is InChI=1S/C12H16Cl4N2/c13-11(14,12(15,16)10-18)8-6-4-2-1-3-5-7-9-17/h1-8H2. The summed E-state index contributed by atoms with van der Waals surface area (Å²) in [5, 5.41) is 17.1. The third-order valence-corrected chi connectivity index (χ3v) is 4.78. The molecule has 6 heteroatoms. The predicted octanol–water partition coefficient (Wildman–Crippen LogP) is 5.50. The van der Waals surface area contributed by atoms with Gasteiger partial charge >= 0.3 is 0 Å². The van der Waals surface area contributed by atoms with E-state index in [1.165, 1.54) is 0 Å². The summed E-state index contributed by atoms with van der Waals surface area (Å²) in [5.41, 5.74) is 0. The minimum Gasteiger partial charge on any atom is -0.198 e. The normalized spacial score (nSPS) is 11.9. The van der Waals surface area contributed by atoms with E-state index in [0.29, 0.717) is 12.8 Å². The zero-order valence-corrected chi connectivity index (χ0v) is 13.1. The van der Waals surface area contributed by atoms with E-state index in [1.807, 2.05) is 0 Å². The topological polar surface area (TPSA) is 47.6 Å². The Morgan fingerprint density at radius 1 is 0.778 bits per heavy atom. The molecule has 0 saturated heterocycles. The minimum atomic E-state index is -1.77. The molecule has 0 aromatic heterocycles. The smallest absolute Gasteiger partial charge is 0.198 e. The molecule has 0 rings (SSSR count). The van der Waals surface area contributed by atoms with Gasteiger partial charge in [-0.3, -0.25) is 0 Å². The second-order valence-electron chi connectivity index (χ2n) is 4.17. The number of hydrogen-bond acceptors (Lipinski definition) is 2. The van der Waals surface area contributed by atoms with Gasteiger partial charge in [0, 0.05) is 6.42 Å². The van der Waals surface area contributed by atoms with E-state index in [9.17, 15) is 0 Å². The second-order valence-corrected chi connectivity index (χ2v) is 6.98. The van der Waals surface area contributed by atoms with E-state index in [-0.39, 0.29) is 0 Å². The fourth-order valence-corrected chi connectivity index (χ4v) is 2.04. The van der Waals surface area contributed by atoms with Crippen molar-refractivity contribution in [3.63, 3.8) is 0 Å². The first-order chi connectivity index (χ1) is 8.37. The summed E-state index contributed by atoms with van der Waals surface area (Å²) in [6, 6.07) is 3.81. The number of rotatable bonds is 9. The Morgan fingerprint density at radius 2 is 1.28 bits per heavy atom. The molecular formula is C12H16Cl4N2. The molecule has 0 aliphatic carbocycles. The van der Waals surface area contributed by atoms with Gasteiger partial charge in [-0.2, -0.15) is 10.5 Å². The van der Waals surface area contributed by atoms with E-state index in [0.717, 1.165) is 38.5 Å². The van der Waals surface area contributed by atoms with Crippen molar-refractivity contribution in [2.75, 3.05) is 0 Å². The van der Waals surface area contributed by atoms with E-state index >= 15 is 0 Å². The van der Waals surface area contributed by atoms with Crippen molar-refractivity contribution >= 4 is 46.4 Å². The maximum absolute atomic E-state index is 8.74. The first-order valence-electron chi connectivity index (χ1n) is 5.91. The summed E-state index contributed by atoms with van der Waals surface area (Å²) < 4.78 is -3.21. The van der Waals surface area contributed by atoms with Crippen LogP contribution in [0.5, 0.6) is 0 Å². The Kier molecular flexibility index (Phi) is 9.18. The highest BCUT2D eigenvalue weighted by molar-refractivity contribution is 6.63. The third kappa shape index (κ3) is 6.91. The lowest BCUT2D eigenvalue weighted by atomic mass is 10.1. The number of halogens is 4. The first-order valence-corrected chi connectivity index (χ1v) is 7.42.